The Kier molecular flexibility index (Phi) is 4.92. The maximum Gasteiger partial charge on any atom is 0.291 e. The Hall–Kier alpha value is -3.64. The molecule has 0 aliphatic carbocycles. The number of carbonyl (C=O) groups excluding carboxylic acids is 1. The average molecular weight is 473 g/mol. The van der Waals surface area contributed by atoms with E-state index >= 15 is 0 Å². The van der Waals surface area contributed by atoms with Crippen molar-refractivity contribution in [3.05, 3.63) is 94.7 Å². The molecule has 5 aromatic rings. The summed E-state index contributed by atoms with van der Waals surface area (Å²) in [4.78, 5) is 17.4. The number of oxazole rings is 1. The number of fused-ring (bicyclic) bond motifs is 1. The SMILES string of the molecule is Cc1c(NC(=O)c2ccc(-c3ccc(Br)cc3)o2)cccc1-c1nc2ccccc2o1. The summed E-state index contributed by atoms with van der Waals surface area (Å²) in [7, 11) is 0. The van der Waals surface area contributed by atoms with E-state index in [0.717, 1.165) is 32.3 Å². The van der Waals surface area contributed by atoms with Crippen LogP contribution < -0.4 is 5.32 Å². The lowest BCUT2D eigenvalue weighted by atomic mass is 10.1. The van der Waals surface area contributed by atoms with Gasteiger partial charge in [0.2, 0.25) is 5.89 Å². The number of para-hydroxylation sites is 2. The maximum absolute atomic E-state index is 12.8. The number of halogens is 1. The van der Waals surface area contributed by atoms with Crippen molar-refractivity contribution in [1.82, 2.24) is 4.98 Å². The Morgan fingerprint density at radius 1 is 0.903 bits per heavy atom. The number of amides is 1. The number of furan rings is 1. The van der Waals surface area contributed by atoms with Crippen LogP contribution in [0.3, 0.4) is 0 Å². The fraction of sp³-hybridized carbons (Fsp3) is 0.0400. The molecule has 0 aliphatic rings. The Morgan fingerprint density at radius 2 is 1.71 bits per heavy atom. The Labute approximate surface area is 186 Å². The van der Waals surface area contributed by atoms with Gasteiger partial charge < -0.3 is 14.2 Å². The topological polar surface area (TPSA) is 68.3 Å². The first kappa shape index (κ1) is 19.3. The van der Waals surface area contributed by atoms with Crippen molar-refractivity contribution in [1.29, 1.82) is 0 Å². The zero-order valence-electron chi connectivity index (χ0n) is 16.6. The third-order valence-electron chi connectivity index (χ3n) is 5.06. The van der Waals surface area contributed by atoms with Crippen LogP contribution in [-0.2, 0) is 0 Å². The minimum atomic E-state index is -0.318. The van der Waals surface area contributed by atoms with Crippen LogP contribution in [0.2, 0.25) is 0 Å². The lowest BCUT2D eigenvalue weighted by Gasteiger charge is -2.10. The van der Waals surface area contributed by atoms with E-state index in [9.17, 15) is 4.79 Å². The molecule has 1 amide bonds. The number of anilines is 1. The van der Waals surface area contributed by atoms with Gasteiger partial charge in [-0.3, -0.25) is 4.79 Å². The maximum atomic E-state index is 12.8. The van der Waals surface area contributed by atoms with E-state index in [1.807, 2.05) is 73.7 Å². The average Bonchev–Trinajstić information content (AvgIpc) is 3.43. The van der Waals surface area contributed by atoms with Crippen molar-refractivity contribution in [2.24, 2.45) is 0 Å². The summed E-state index contributed by atoms with van der Waals surface area (Å²) in [6, 6.07) is 24.4. The molecule has 0 fully saturated rings. The number of nitrogens with zero attached hydrogens (tertiary/aromatic N) is 1. The molecule has 0 spiro atoms. The van der Waals surface area contributed by atoms with Crippen LogP contribution in [-0.4, -0.2) is 10.9 Å². The molecule has 3 aromatic carbocycles. The lowest BCUT2D eigenvalue weighted by molar-refractivity contribution is 0.0997. The molecule has 5 nitrogen and oxygen atoms in total. The van der Waals surface area contributed by atoms with Crippen LogP contribution in [0.5, 0.6) is 0 Å². The minimum Gasteiger partial charge on any atom is -0.451 e. The van der Waals surface area contributed by atoms with Crippen LogP contribution in [0.25, 0.3) is 33.9 Å². The number of hydrogen-bond acceptors (Lipinski definition) is 4. The molecule has 152 valence electrons. The first-order chi connectivity index (χ1) is 15.1. The van der Waals surface area contributed by atoms with Gasteiger partial charge in [0.25, 0.3) is 5.91 Å². The van der Waals surface area contributed by atoms with Gasteiger partial charge in [-0.15, -0.1) is 0 Å². The zero-order chi connectivity index (χ0) is 21.4. The van der Waals surface area contributed by atoms with Gasteiger partial charge in [0.15, 0.2) is 11.3 Å². The van der Waals surface area contributed by atoms with E-state index in [4.69, 9.17) is 8.83 Å². The van der Waals surface area contributed by atoms with Crippen molar-refractivity contribution < 1.29 is 13.6 Å². The molecule has 6 heteroatoms. The van der Waals surface area contributed by atoms with Gasteiger partial charge in [0.05, 0.1) is 0 Å². The van der Waals surface area contributed by atoms with E-state index in [2.05, 4.69) is 26.2 Å². The first-order valence-electron chi connectivity index (χ1n) is 9.71. The van der Waals surface area contributed by atoms with Gasteiger partial charge in [-0.25, -0.2) is 4.98 Å². The number of carbonyl (C=O) groups is 1. The van der Waals surface area contributed by atoms with Gasteiger partial charge in [-0.1, -0.05) is 46.3 Å². The summed E-state index contributed by atoms with van der Waals surface area (Å²) in [6.07, 6.45) is 0. The summed E-state index contributed by atoms with van der Waals surface area (Å²) in [5.74, 6) is 1.07. The van der Waals surface area contributed by atoms with Crippen molar-refractivity contribution in [3.8, 4) is 22.8 Å². The number of rotatable bonds is 4. The quantitative estimate of drug-likeness (QED) is 0.303. The summed E-state index contributed by atoms with van der Waals surface area (Å²) in [5.41, 5.74) is 4.78. The van der Waals surface area contributed by atoms with Crippen LogP contribution >= 0.6 is 15.9 Å². The molecule has 2 heterocycles. The monoisotopic (exact) mass is 472 g/mol. The van der Waals surface area contributed by atoms with Gasteiger partial charge in [-0.2, -0.15) is 0 Å². The molecule has 5 rings (SSSR count). The van der Waals surface area contributed by atoms with Gasteiger partial charge >= 0.3 is 0 Å². The molecule has 0 saturated heterocycles. The Bertz CT molecular complexity index is 1370. The van der Waals surface area contributed by atoms with Crippen molar-refractivity contribution in [2.75, 3.05) is 5.32 Å². The molecule has 0 aliphatic heterocycles. The second-order valence-corrected chi connectivity index (χ2v) is 8.01. The first-order valence-corrected chi connectivity index (χ1v) is 10.5. The molecule has 0 radical (unpaired) electrons. The predicted molar refractivity (Wildman–Crippen MR) is 124 cm³/mol. The zero-order valence-corrected chi connectivity index (χ0v) is 18.1. The summed E-state index contributed by atoms with van der Waals surface area (Å²) < 4.78 is 12.7. The highest BCUT2D eigenvalue weighted by Crippen LogP contribution is 2.31. The van der Waals surface area contributed by atoms with E-state index < -0.39 is 0 Å². The molecule has 2 aromatic heterocycles. The number of benzene rings is 3. The Morgan fingerprint density at radius 3 is 2.52 bits per heavy atom. The molecule has 0 saturated carbocycles. The fourth-order valence-electron chi connectivity index (χ4n) is 3.40. The largest absolute Gasteiger partial charge is 0.451 e. The normalized spacial score (nSPS) is 11.0. The lowest BCUT2D eigenvalue weighted by Crippen LogP contribution is -2.12. The highest BCUT2D eigenvalue weighted by atomic mass is 79.9. The third-order valence-corrected chi connectivity index (χ3v) is 5.59. The summed E-state index contributed by atoms with van der Waals surface area (Å²) >= 11 is 3.42. The van der Waals surface area contributed by atoms with Crippen LogP contribution in [0.1, 0.15) is 16.1 Å². The molecular weight excluding hydrogens is 456 g/mol. The molecule has 0 atom stereocenters. The van der Waals surface area contributed by atoms with Gasteiger partial charge in [0.1, 0.15) is 11.3 Å². The minimum absolute atomic E-state index is 0.240. The van der Waals surface area contributed by atoms with Crippen LogP contribution in [0, 0.1) is 6.92 Å². The third kappa shape index (κ3) is 3.78. The number of hydrogen-bond donors (Lipinski definition) is 1. The highest BCUT2D eigenvalue weighted by Gasteiger charge is 2.17. The molecule has 31 heavy (non-hydrogen) atoms. The van der Waals surface area contributed by atoms with E-state index in [0.29, 0.717) is 17.3 Å². The summed E-state index contributed by atoms with van der Waals surface area (Å²) in [5, 5.41) is 2.93. The highest BCUT2D eigenvalue weighted by molar-refractivity contribution is 9.10. The predicted octanol–water partition coefficient (Wildman–Crippen LogP) is 7.08. The molecule has 0 bridgehead atoms. The van der Waals surface area contributed by atoms with E-state index in [1.54, 1.807) is 12.1 Å². The molecule has 0 unspecified atom stereocenters. The smallest absolute Gasteiger partial charge is 0.291 e. The van der Waals surface area contributed by atoms with Crippen molar-refractivity contribution in [3.63, 3.8) is 0 Å². The van der Waals surface area contributed by atoms with E-state index in [-0.39, 0.29) is 11.7 Å². The van der Waals surface area contributed by atoms with Crippen LogP contribution in [0.15, 0.2) is 92.2 Å². The molecule has 1 N–H and O–H groups in total. The molecular formula is C25H17BrN2O3. The standard InChI is InChI=1S/C25H17BrN2O3/c1-15-18(25-28-20-6-2-3-8-22(20)31-25)5-4-7-19(15)27-24(29)23-14-13-21(30-23)16-9-11-17(26)12-10-16/h2-14H,1H3,(H,27,29). The second-order valence-electron chi connectivity index (χ2n) is 7.09. The Balaban J connectivity index is 1.41. The number of aromatic nitrogens is 1. The van der Waals surface area contributed by atoms with Crippen molar-refractivity contribution in [2.45, 2.75) is 6.92 Å². The van der Waals surface area contributed by atoms with Crippen molar-refractivity contribution >= 4 is 38.6 Å². The summed E-state index contributed by atoms with van der Waals surface area (Å²) in [6.45, 7) is 1.93. The van der Waals surface area contributed by atoms with E-state index in [1.165, 1.54) is 0 Å². The van der Waals surface area contributed by atoms with Crippen LogP contribution in [0.4, 0.5) is 5.69 Å². The fourth-order valence-corrected chi connectivity index (χ4v) is 3.67. The number of nitrogens with one attached hydrogen (secondary N) is 1. The van der Waals surface area contributed by atoms with Gasteiger partial charge in [0, 0.05) is 21.3 Å². The second kappa shape index (κ2) is 7.89. The van der Waals surface area contributed by atoms with Gasteiger partial charge in [-0.05, 0) is 61.0 Å².